The van der Waals surface area contributed by atoms with E-state index in [1.807, 2.05) is 0 Å². The summed E-state index contributed by atoms with van der Waals surface area (Å²) in [4.78, 5) is 7.18. The molecule has 0 amide bonds. The number of hydrogen-bond donors (Lipinski definition) is 1. The van der Waals surface area contributed by atoms with Crippen molar-refractivity contribution in [3.63, 3.8) is 0 Å². The third kappa shape index (κ3) is 2.73. The van der Waals surface area contributed by atoms with Gasteiger partial charge in [-0.05, 0) is 15.9 Å². The summed E-state index contributed by atoms with van der Waals surface area (Å²) < 4.78 is -1.64. The Balaban J connectivity index is 3.29. The molecule has 0 fully saturated rings. The Bertz CT molecular complexity index is 317. The molecule has 0 aliphatic rings. The van der Waals surface area contributed by atoms with Crippen molar-refractivity contribution < 1.29 is 5.11 Å². The zero-order valence-electron chi connectivity index (χ0n) is 5.73. The Hall–Kier alpha value is 0.520. The Morgan fingerprint density at radius 2 is 1.77 bits per heavy atom. The number of aromatic nitrogens is 2. The first-order chi connectivity index (χ1) is 5.82. The molecule has 1 aromatic rings. The van der Waals surface area contributed by atoms with Gasteiger partial charge in [0.1, 0.15) is 4.47 Å². The molecular formula is C5HBrCl4N2O. The van der Waals surface area contributed by atoms with Gasteiger partial charge in [0, 0.05) is 0 Å². The second kappa shape index (κ2) is 3.95. The lowest BCUT2D eigenvalue weighted by Crippen LogP contribution is -2.07. The minimum atomic E-state index is -1.80. The van der Waals surface area contributed by atoms with Crippen LogP contribution < -0.4 is 0 Å². The zero-order chi connectivity index (χ0) is 10.2. The highest BCUT2D eigenvalue weighted by Gasteiger charge is 2.28. The molecular weight excluding hydrogens is 326 g/mol. The summed E-state index contributed by atoms with van der Waals surface area (Å²) in [6.07, 6.45) is 0. The van der Waals surface area contributed by atoms with Crippen LogP contribution in [0.2, 0.25) is 5.15 Å². The number of halogens is 5. The summed E-state index contributed by atoms with van der Waals surface area (Å²) in [5.74, 6) is -0.551. The Morgan fingerprint density at radius 1 is 1.23 bits per heavy atom. The van der Waals surface area contributed by atoms with E-state index in [9.17, 15) is 5.11 Å². The lowest BCUT2D eigenvalue weighted by Gasteiger charge is -2.09. The van der Waals surface area contributed by atoms with Crippen molar-refractivity contribution in [3.05, 3.63) is 15.5 Å². The number of nitrogens with zero attached hydrogens (tertiary/aromatic N) is 2. The number of hydrogen-bond acceptors (Lipinski definition) is 3. The Labute approximate surface area is 102 Å². The van der Waals surface area contributed by atoms with E-state index in [-0.39, 0.29) is 21.3 Å². The van der Waals surface area contributed by atoms with Crippen molar-refractivity contribution in [2.24, 2.45) is 0 Å². The molecule has 1 heterocycles. The number of rotatable bonds is 0. The largest absolute Gasteiger partial charge is 0.492 e. The van der Waals surface area contributed by atoms with Gasteiger partial charge in [-0.3, -0.25) is 0 Å². The summed E-state index contributed by atoms with van der Waals surface area (Å²) in [5, 5.41) is 9.17. The highest BCUT2D eigenvalue weighted by molar-refractivity contribution is 9.10. The average molecular weight is 327 g/mol. The van der Waals surface area contributed by atoms with E-state index in [1.54, 1.807) is 0 Å². The van der Waals surface area contributed by atoms with Crippen LogP contribution in [0.15, 0.2) is 4.47 Å². The predicted molar refractivity (Wildman–Crippen MR) is 55.6 cm³/mol. The van der Waals surface area contributed by atoms with Crippen molar-refractivity contribution >= 4 is 62.3 Å². The van der Waals surface area contributed by atoms with Gasteiger partial charge in [0.25, 0.3) is 0 Å². The van der Waals surface area contributed by atoms with E-state index >= 15 is 0 Å². The molecule has 72 valence electrons. The van der Waals surface area contributed by atoms with E-state index in [2.05, 4.69) is 25.9 Å². The van der Waals surface area contributed by atoms with Crippen molar-refractivity contribution in [2.45, 2.75) is 3.79 Å². The molecule has 1 aromatic heterocycles. The average Bonchev–Trinajstić information content (AvgIpc) is 1.97. The first-order valence-electron chi connectivity index (χ1n) is 2.81. The summed E-state index contributed by atoms with van der Waals surface area (Å²) >= 11 is 25.0. The lowest BCUT2D eigenvalue weighted by atomic mass is 10.6. The van der Waals surface area contributed by atoms with Crippen molar-refractivity contribution in [1.29, 1.82) is 0 Å². The first kappa shape index (κ1) is 11.6. The van der Waals surface area contributed by atoms with Crippen LogP contribution in [0, 0.1) is 0 Å². The maximum Gasteiger partial charge on any atom is 0.250 e. The molecule has 0 atom stereocenters. The highest BCUT2D eigenvalue weighted by Crippen LogP contribution is 2.39. The summed E-state index contributed by atoms with van der Waals surface area (Å²) in [5.41, 5.74) is 0. The SMILES string of the molecule is Oc1nc(C(Cl)(Cl)Cl)nc(Cl)c1Br. The molecule has 0 spiro atoms. The van der Waals surface area contributed by atoms with Crippen LogP contribution in [-0.2, 0) is 3.79 Å². The summed E-state index contributed by atoms with van der Waals surface area (Å²) in [7, 11) is 0. The van der Waals surface area contributed by atoms with Crippen molar-refractivity contribution in [2.75, 3.05) is 0 Å². The van der Waals surface area contributed by atoms with Gasteiger partial charge in [-0.25, -0.2) is 4.98 Å². The Kier molecular flexibility index (Phi) is 3.52. The van der Waals surface area contributed by atoms with Gasteiger partial charge in [-0.1, -0.05) is 46.4 Å². The van der Waals surface area contributed by atoms with Crippen molar-refractivity contribution in [3.8, 4) is 5.88 Å². The molecule has 8 heteroatoms. The van der Waals surface area contributed by atoms with Gasteiger partial charge < -0.3 is 5.11 Å². The van der Waals surface area contributed by atoms with Crippen LogP contribution in [-0.4, -0.2) is 15.1 Å². The van der Waals surface area contributed by atoms with Gasteiger partial charge in [0.2, 0.25) is 9.67 Å². The second-order valence-corrected chi connectivity index (χ2v) is 5.41. The van der Waals surface area contributed by atoms with Gasteiger partial charge >= 0.3 is 0 Å². The van der Waals surface area contributed by atoms with Crippen molar-refractivity contribution in [1.82, 2.24) is 9.97 Å². The fourth-order valence-electron chi connectivity index (χ4n) is 0.535. The zero-order valence-corrected chi connectivity index (χ0v) is 10.3. The van der Waals surface area contributed by atoms with E-state index in [0.717, 1.165) is 0 Å². The highest BCUT2D eigenvalue weighted by atomic mass is 79.9. The van der Waals surface area contributed by atoms with Crippen LogP contribution >= 0.6 is 62.3 Å². The van der Waals surface area contributed by atoms with Crippen LogP contribution in [0.4, 0.5) is 0 Å². The smallest absolute Gasteiger partial charge is 0.250 e. The van der Waals surface area contributed by atoms with Gasteiger partial charge in [0.15, 0.2) is 11.0 Å². The lowest BCUT2D eigenvalue weighted by molar-refractivity contribution is 0.445. The van der Waals surface area contributed by atoms with E-state index < -0.39 is 3.79 Å². The molecule has 0 aliphatic carbocycles. The van der Waals surface area contributed by atoms with Gasteiger partial charge in [0.05, 0.1) is 0 Å². The molecule has 0 aliphatic heterocycles. The molecule has 0 unspecified atom stereocenters. The quantitative estimate of drug-likeness (QED) is 0.587. The van der Waals surface area contributed by atoms with Crippen LogP contribution in [0.1, 0.15) is 5.82 Å². The van der Waals surface area contributed by atoms with Gasteiger partial charge in [-0.15, -0.1) is 0 Å². The van der Waals surface area contributed by atoms with Crippen LogP contribution in [0.3, 0.4) is 0 Å². The van der Waals surface area contributed by atoms with E-state index in [4.69, 9.17) is 46.4 Å². The minimum absolute atomic E-state index is 0.0196. The number of aromatic hydroxyl groups is 1. The summed E-state index contributed by atoms with van der Waals surface area (Å²) in [6, 6.07) is 0. The number of alkyl halides is 3. The third-order valence-corrected chi connectivity index (χ3v) is 2.79. The van der Waals surface area contributed by atoms with Gasteiger partial charge in [-0.2, -0.15) is 4.98 Å². The second-order valence-electron chi connectivity index (χ2n) is 1.97. The monoisotopic (exact) mass is 324 g/mol. The third-order valence-electron chi connectivity index (χ3n) is 1.05. The fourth-order valence-corrected chi connectivity index (χ4v) is 1.13. The maximum absolute atomic E-state index is 9.19. The molecule has 13 heavy (non-hydrogen) atoms. The van der Waals surface area contributed by atoms with Crippen LogP contribution in [0.5, 0.6) is 5.88 Å². The molecule has 0 aromatic carbocycles. The standard InChI is InChI=1S/C5HBrCl4N2O/c6-1-2(7)11-4(5(8,9)10)12-3(1)13/h(H,11,12,13). The predicted octanol–water partition coefficient (Wildman–Crippen LogP) is 3.42. The first-order valence-corrected chi connectivity index (χ1v) is 5.12. The minimum Gasteiger partial charge on any atom is -0.492 e. The topological polar surface area (TPSA) is 46.0 Å². The molecule has 0 radical (unpaired) electrons. The van der Waals surface area contributed by atoms with E-state index in [1.165, 1.54) is 0 Å². The molecule has 0 bridgehead atoms. The maximum atomic E-state index is 9.19. The molecule has 1 rings (SSSR count). The molecule has 0 saturated heterocycles. The Morgan fingerprint density at radius 3 is 2.15 bits per heavy atom. The normalized spacial score (nSPS) is 11.8. The fraction of sp³-hybridized carbons (Fsp3) is 0.200. The molecule has 0 saturated carbocycles. The van der Waals surface area contributed by atoms with Crippen LogP contribution in [0.25, 0.3) is 0 Å². The summed E-state index contributed by atoms with van der Waals surface area (Å²) in [6.45, 7) is 0. The molecule has 1 N–H and O–H groups in total. The molecule has 3 nitrogen and oxygen atoms in total. The van der Waals surface area contributed by atoms with E-state index in [0.29, 0.717) is 0 Å².